The van der Waals surface area contributed by atoms with Crippen molar-refractivity contribution in [3.05, 3.63) is 24.3 Å². The first-order valence-electron chi connectivity index (χ1n) is 8.21. The van der Waals surface area contributed by atoms with E-state index in [9.17, 15) is 9.90 Å². The van der Waals surface area contributed by atoms with Crippen LogP contribution in [0.25, 0.3) is 0 Å². The number of carbonyl (C=O) groups excluding carboxylic acids is 1. The molecule has 6 nitrogen and oxygen atoms in total. The van der Waals surface area contributed by atoms with Crippen molar-refractivity contribution in [1.82, 2.24) is 5.32 Å². The van der Waals surface area contributed by atoms with Crippen molar-refractivity contribution < 1.29 is 19.4 Å². The maximum absolute atomic E-state index is 11.8. The predicted molar refractivity (Wildman–Crippen MR) is 98.2 cm³/mol. The summed E-state index contributed by atoms with van der Waals surface area (Å²) in [6.07, 6.45) is 1.89. The zero-order valence-corrected chi connectivity index (χ0v) is 15.2. The maximum atomic E-state index is 11.8. The number of aliphatic hydroxyl groups is 1. The van der Waals surface area contributed by atoms with Gasteiger partial charge in [0, 0.05) is 6.54 Å². The molecule has 0 aliphatic carbocycles. The predicted octanol–water partition coefficient (Wildman–Crippen LogP) is 3.20. The minimum atomic E-state index is -0.721. The number of hydrogen-bond acceptors (Lipinski definition) is 5. The van der Waals surface area contributed by atoms with E-state index < -0.39 is 12.2 Å². The molecular formula is C17H29ClN2O4. The quantitative estimate of drug-likeness (QED) is 0.528. The second kappa shape index (κ2) is 13.9. The molecule has 1 aromatic rings. The van der Waals surface area contributed by atoms with Gasteiger partial charge in [-0.25, -0.2) is 4.79 Å². The molecule has 1 unspecified atom stereocenters. The number of anilines is 1. The van der Waals surface area contributed by atoms with E-state index in [0.717, 1.165) is 25.8 Å². The van der Waals surface area contributed by atoms with Crippen molar-refractivity contribution in [1.29, 1.82) is 0 Å². The number of carbonyl (C=O) groups is 1. The van der Waals surface area contributed by atoms with Gasteiger partial charge in [0.05, 0.1) is 12.3 Å². The Morgan fingerprint density at radius 3 is 2.71 bits per heavy atom. The number of amides is 1. The molecule has 0 aliphatic heterocycles. The summed E-state index contributed by atoms with van der Waals surface area (Å²) in [6, 6.07) is 7.23. The molecule has 0 aromatic heterocycles. The van der Waals surface area contributed by atoms with Gasteiger partial charge < -0.3 is 19.9 Å². The minimum absolute atomic E-state index is 0. The second-order valence-electron chi connectivity index (χ2n) is 5.24. The highest BCUT2D eigenvalue weighted by Gasteiger charge is 2.11. The largest absolute Gasteiger partial charge is 0.491 e. The van der Waals surface area contributed by atoms with Gasteiger partial charge in [0.25, 0.3) is 0 Å². The summed E-state index contributed by atoms with van der Waals surface area (Å²) in [4.78, 5) is 11.8. The Bertz CT molecular complexity index is 460. The lowest BCUT2D eigenvalue weighted by atomic mass is 10.2. The number of halogens is 1. The third kappa shape index (κ3) is 9.60. The summed E-state index contributed by atoms with van der Waals surface area (Å²) in [6.45, 7) is 5.78. The highest BCUT2D eigenvalue weighted by Crippen LogP contribution is 2.24. The van der Waals surface area contributed by atoms with Crippen LogP contribution in [-0.4, -0.2) is 43.6 Å². The monoisotopic (exact) mass is 360 g/mol. The Kier molecular flexibility index (Phi) is 13.0. The topological polar surface area (TPSA) is 79.8 Å². The SMILES string of the molecule is CCCCCOc1ccccc1NC(=O)OCC(O)CNCC.Cl. The molecule has 0 spiro atoms. The van der Waals surface area contributed by atoms with Gasteiger partial charge >= 0.3 is 6.09 Å². The van der Waals surface area contributed by atoms with Gasteiger partial charge in [-0.1, -0.05) is 38.8 Å². The standard InChI is InChI=1S/C17H28N2O4.ClH/c1-3-5-8-11-22-16-10-7-6-9-15(16)19-17(21)23-13-14(20)12-18-4-2;/h6-7,9-10,14,18,20H,3-5,8,11-13H2,1-2H3,(H,19,21);1H. The molecule has 7 heteroatoms. The normalized spacial score (nSPS) is 11.3. The molecular weight excluding hydrogens is 332 g/mol. The van der Waals surface area contributed by atoms with Crippen LogP contribution in [-0.2, 0) is 4.74 Å². The molecule has 1 amide bonds. The molecule has 24 heavy (non-hydrogen) atoms. The fraction of sp³-hybridized carbons (Fsp3) is 0.588. The van der Waals surface area contributed by atoms with Gasteiger partial charge in [-0.3, -0.25) is 5.32 Å². The fourth-order valence-electron chi connectivity index (χ4n) is 1.92. The smallest absolute Gasteiger partial charge is 0.411 e. The summed E-state index contributed by atoms with van der Waals surface area (Å²) in [7, 11) is 0. The van der Waals surface area contributed by atoms with Crippen LogP contribution in [0.1, 0.15) is 33.1 Å². The van der Waals surface area contributed by atoms with E-state index in [1.165, 1.54) is 0 Å². The third-order valence-electron chi connectivity index (χ3n) is 3.17. The number of aliphatic hydroxyl groups excluding tert-OH is 1. The summed E-state index contributed by atoms with van der Waals surface area (Å²) in [5.74, 6) is 0.619. The van der Waals surface area contributed by atoms with Crippen LogP contribution < -0.4 is 15.4 Å². The molecule has 3 N–H and O–H groups in total. The maximum Gasteiger partial charge on any atom is 0.411 e. The lowest BCUT2D eigenvalue weighted by Crippen LogP contribution is -2.31. The highest BCUT2D eigenvalue weighted by atomic mass is 35.5. The first-order chi connectivity index (χ1) is 11.2. The van der Waals surface area contributed by atoms with Gasteiger partial charge in [-0.15, -0.1) is 12.4 Å². The van der Waals surface area contributed by atoms with Crippen molar-refractivity contribution in [2.75, 3.05) is 31.6 Å². The van der Waals surface area contributed by atoms with Crippen LogP contribution in [0.15, 0.2) is 24.3 Å². The molecule has 0 radical (unpaired) electrons. The number of ether oxygens (including phenoxy) is 2. The molecule has 0 fully saturated rings. The van der Waals surface area contributed by atoms with Crippen LogP contribution >= 0.6 is 12.4 Å². The molecule has 138 valence electrons. The minimum Gasteiger partial charge on any atom is -0.491 e. The number of benzene rings is 1. The number of para-hydroxylation sites is 2. The van der Waals surface area contributed by atoms with Gasteiger partial charge in [0.15, 0.2) is 0 Å². The van der Waals surface area contributed by atoms with Crippen molar-refractivity contribution >= 4 is 24.2 Å². The van der Waals surface area contributed by atoms with Gasteiger partial charge in [0.2, 0.25) is 0 Å². The zero-order valence-electron chi connectivity index (χ0n) is 14.4. The molecule has 1 aromatic carbocycles. The second-order valence-corrected chi connectivity index (χ2v) is 5.24. The number of hydrogen-bond donors (Lipinski definition) is 3. The van der Waals surface area contributed by atoms with Crippen LogP contribution in [0.5, 0.6) is 5.75 Å². The number of unbranched alkanes of at least 4 members (excludes halogenated alkanes) is 2. The van der Waals surface area contributed by atoms with Gasteiger partial charge in [-0.2, -0.15) is 0 Å². The summed E-state index contributed by atoms with van der Waals surface area (Å²) in [5, 5.41) is 15.3. The lowest BCUT2D eigenvalue weighted by molar-refractivity contribution is 0.0753. The van der Waals surface area contributed by atoms with Crippen molar-refractivity contribution in [3.63, 3.8) is 0 Å². The Balaban J connectivity index is 0.00000529. The van der Waals surface area contributed by atoms with E-state index in [2.05, 4.69) is 17.6 Å². The van der Waals surface area contributed by atoms with E-state index in [1.54, 1.807) is 6.07 Å². The molecule has 1 rings (SSSR count). The first kappa shape index (κ1) is 22.5. The lowest BCUT2D eigenvalue weighted by Gasteiger charge is -2.14. The number of rotatable bonds is 11. The van der Waals surface area contributed by atoms with Crippen molar-refractivity contribution in [3.8, 4) is 5.75 Å². The number of likely N-dealkylation sites (N-methyl/N-ethyl adjacent to an activating group) is 1. The zero-order chi connectivity index (χ0) is 16.9. The molecule has 0 saturated carbocycles. The van der Waals surface area contributed by atoms with Gasteiger partial charge in [-0.05, 0) is 25.1 Å². The summed E-state index contributed by atoms with van der Waals surface area (Å²) >= 11 is 0. The first-order valence-corrected chi connectivity index (χ1v) is 8.21. The third-order valence-corrected chi connectivity index (χ3v) is 3.17. The van der Waals surface area contributed by atoms with Crippen LogP contribution in [0.2, 0.25) is 0 Å². The van der Waals surface area contributed by atoms with Crippen LogP contribution in [0.4, 0.5) is 10.5 Å². The fourth-order valence-corrected chi connectivity index (χ4v) is 1.92. The van der Waals surface area contributed by atoms with E-state index in [4.69, 9.17) is 9.47 Å². The van der Waals surface area contributed by atoms with E-state index in [-0.39, 0.29) is 19.0 Å². The van der Waals surface area contributed by atoms with Crippen LogP contribution in [0.3, 0.4) is 0 Å². The van der Waals surface area contributed by atoms with Crippen molar-refractivity contribution in [2.45, 2.75) is 39.2 Å². The molecule has 0 bridgehead atoms. The Morgan fingerprint density at radius 1 is 1.25 bits per heavy atom. The van der Waals surface area contributed by atoms with Crippen molar-refractivity contribution in [2.24, 2.45) is 0 Å². The molecule has 1 atom stereocenters. The molecule has 0 heterocycles. The van der Waals surface area contributed by atoms with E-state index in [1.807, 2.05) is 25.1 Å². The highest BCUT2D eigenvalue weighted by molar-refractivity contribution is 5.86. The van der Waals surface area contributed by atoms with Gasteiger partial charge in [0.1, 0.15) is 18.5 Å². The Labute approximate surface area is 150 Å². The Morgan fingerprint density at radius 2 is 2.00 bits per heavy atom. The number of nitrogens with one attached hydrogen (secondary N) is 2. The molecule has 0 aliphatic rings. The average molecular weight is 361 g/mol. The molecule has 0 saturated heterocycles. The van der Waals surface area contributed by atoms with E-state index in [0.29, 0.717) is 24.6 Å². The van der Waals surface area contributed by atoms with E-state index >= 15 is 0 Å². The van der Waals surface area contributed by atoms with Crippen LogP contribution in [0, 0.1) is 0 Å². The summed E-state index contributed by atoms with van der Waals surface area (Å²) < 4.78 is 10.7. The average Bonchev–Trinajstić information content (AvgIpc) is 2.56. The Hall–Kier alpha value is -1.50. The summed E-state index contributed by atoms with van der Waals surface area (Å²) in [5.41, 5.74) is 0.565.